The lowest BCUT2D eigenvalue weighted by Gasteiger charge is -2.33. The molecule has 2 rings (SSSR count). The number of nitrogens with zero attached hydrogens (tertiary/aromatic N) is 2. The van der Waals surface area contributed by atoms with Gasteiger partial charge in [-0.2, -0.15) is 0 Å². The smallest absolute Gasteiger partial charge is 0.244 e. The Morgan fingerprint density at radius 3 is 2.31 bits per heavy atom. The average Bonchev–Trinajstić information content (AvgIpc) is 2.82. The zero-order valence-corrected chi connectivity index (χ0v) is 22.4. The number of hydrogen-bond donors (Lipinski definition) is 1. The van der Waals surface area contributed by atoms with Gasteiger partial charge in [0.15, 0.2) is 0 Å². The van der Waals surface area contributed by atoms with Gasteiger partial charge in [-0.3, -0.25) is 13.9 Å². The van der Waals surface area contributed by atoms with Crippen LogP contribution in [0.25, 0.3) is 0 Å². The molecule has 1 atom stereocenters. The molecule has 10 heteroatoms. The number of carbonyl (C=O) groups is 2. The Labute approximate surface area is 213 Å². The number of carbonyl (C=O) groups excluding carboxylic acids is 2. The second-order valence-electron chi connectivity index (χ2n) is 8.24. The van der Waals surface area contributed by atoms with Crippen molar-refractivity contribution in [1.82, 2.24) is 10.2 Å². The number of anilines is 1. The summed E-state index contributed by atoms with van der Waals surface area (Å²) in [6.45, 7) is 5.61. The van der Waals surface area contributed by atoms with Gasteiger partial charge in [-0.25, -0.2) is 8.42 Å². The van der Waals surface area contributed by atoms with Crippen molar-refractivity contribution < 1.29 is 22.7 Å². The molecular formula is C25H34ClN3O5S. The highest BCUT2D eigenvalue weighted by molar-refractivity contribution is 7.92. The molecule has 0 aliphatic rings. The Kier molecular flexibility index (Phi) is 10.4. The van der Waals surface area contributed by atoms with E-state index in [9.17, 15) is 18.0 Å². The molecule has 2 amide bonds. The van der Waals surface area contributed by atoms with Crippen molar-refractivity contribution in [2.45, 2.75) is 46.2 Å². The Morgan fingerprint density at radius 2 is 1.77 bits per heavy atom. The maximum Gasteiger partial charge on any atom is 0.244 e. The number of amides is 2. The lowest BCUT2D eigenvalue weighted by atomic mass is 10.1. The van der Waals surface area contributed by atoms with Crippen molar-refractivity contribution in [3.8, 4) is 5.75 Å². The van der Waals surface area contributed by atoms with E-state index in [1.165, 1.54) is 4.90 Å². The SMILES string of the molecule is CCCNC(=O)C(CC)N(Cc1ccc(OC)cc1)C(=O)CN(c1cccc(Cl)c1C)S(C)(=O)=O. The summed E-state index contributed by atoms with van der Waals surface area (Å²) in [6.07, 6.45) is 2.16. The molecule has 0 saturated heterocycles. The first-order valence-corrected chi connectivity index (χ1v) is 13.7. The number of halogens is 1. The molecule has 0 saturated carbocycles. The minimum atomic E-state index is -3.82. The molecule has 0 fully saturated rings. The van der Waals surface area contributed by atoms with Crippen molar-refractivity contribution in [3.05, 3.63) is 58.6 Å². The van der Waals surface area contributed by atoms with Crippen LogP contribution in [0.5, 0.6) is 5.75 Å². The van der Waals surface area contributed by atoms with Gasteiger partial charge in [-0.05, 0) is 55.2 Å². The van der Waals surface area contributed by atoms with Gasteiger partial charge in [0.25, 0.3) is 0 Å². The Hall–Kier alpha value is -2.78. The summed E-state index contributed by atoms with van der Waals surface area (Å²) in [6, 6.07) is 11.3. The molecule has 2 aromatic rings. The van der Waals surface area contributed by atoms with E-state index in [1.807, 2.05) is 26.0 Å². The molecule has 1 N–H and O–H groups in total. The van der Waals surface area contributed by atoms with Gasteiger partial charge in [0.2, 0.25) is 21.8 Å². The van der Waals surface area contributed by atoms with Gasteiger partial charge in [0, 0.05) is 18.1 Å². The summed E-state index contributed by atoms with van der Waals surface area (Å²) in [5.74, 6) is -0.107. The molecule has 0 aromatic heterocycles. The fourth-order valence-electron chi connectivity index (χ4n) is 3.67. The van der Waals surface area contributed by atoms with Gasteiger partial charge < -0.3 is 15.0 Å². The molecule has 0 heterocycles. The van der Waals surface area contributed by atoms with Crippen LogP contribution in [0.1, 0.15) is 37.8 Å². The summed E-state index contributed by atoms with van der Waals surface area (Å²) >= 11 is 6.22. The first-order chi connectivity index (χ1) is 16.5. The lowest BCUT2D eigenvalue weighted by molar-refractivity contribution is -0.140. The summed E-state index contributed by atoms with van der Waals surface area (Å²) in [5.41, 5.74) is 1.65. The van der Waals surface area contributed by atoms with Crippen LogP contribution in [0, 0.1) is 6.92 Å². The number of benzene rings is 2. The van der Waals surface area contributed by atoms with E-state index >= 15 is 0 Å². The van der Waals surface area contributed by atoms with Gasteiger partial charge in [-0.1, -0.05) is 43.6 Å². The number of rotatable bonds is 12. The second-order valence-corrected chi connectivity index (χ2v) is 10.6. The first-order valence-electron chi connectivity index (χ1n) is 11.5. The van der Waals surface area contributed by atoms with Crippen LogP contribution < -0.4 is 14.4 Å². The van der Waals surface area contributed by atoms with Crippen LogP contribution in [0.3, 0.4) is 0 Å². The Bertz CT molecular complexity index is 1120. The zero-order valence-electron chi connectivity index (χ0n) is 20.9. The zero-order chi connectivity index (χ0) is 26.2. The molecule has 192 valence electrons. The van der Waals surface area contributed by atoms with E-state index in [1.54, 1.807) is 44.4 Å². The topological polar surface area (TPSA) is 96.0 Å². The third-order valence-electron chi connectivity index (χ3n) is 5.63. The molecule has 0 aliphatic carbocycles. The number of hydrogen-bond acceptors (Lipinski definition) is 5. The number of sulfonamides is 1. The van der Waals surface area contributed by atoms with Crippen molar-refractivity contribution in [2.75, 3.05) is 30.8 Å². The van der Waals surface area contributed by atoms with Crippen LogP contribution >= 0.6 is 11.6 Å². The third-order valence-corrected chi connectivity index (χ3v) is 7.17. The van der Waals surface area contributed by atoms with Gasteiger partial charge in [0.05, 0.1) is 19.1 Å². The standard InChI is InChI=1S/C25H34ClN3O5S/c1-6-15-27-25(31)22(7-2)28(16-19-11-13-20(34-4)14-12-19)24(30)17-29(35(5,32)33)23-10-8-9-21(26)18(23)3/h8-14,22H,6-7,15-17H2,1-5H3,(H,27,31). The lowest BCUT2D eigenvalue weighted by Crippen LogP contribution is -2.52. The van der Waals surface area contributed by atoms with E-state index in [-0.39, 0.29) is 12.5 Å². The maximum atomic E-state index is 13.7. The summed E-state index contributed by atoms with van der Waals surface area (Å²) < 4.78 is 31.7. The van der Waals surface area contributed by atoms with E-state index in [4.69, 9.17) is 16.3 Å². The van der Waals surface area contributed by atoms with E-state index < -0.39 is 28.5 Å². The summed E-state index contributed by atoms with van der Waals surface area (Å²) in [7, 11) is -2.26. The Morgan fingerprint density at radius 1 is 1.11 bits per heavy atom. The fraction of sp³-hybridized carbons (Fsp3) is 0.440. The van der Waals surface area contributed by atoms with Crippen molar-refractivity contribution in [3.63, 3.8) is 0 Å². The van der Waals surface area contributed by atoms with Gasteiger partial charge >= 0.3 is 0 Å². The second kappa shape index (κ2) is 12.8. The Balaban J connectivity index is 2.46. The molecule has 0 bridgehead atoms. The number of methoxy groups -OCH3 is 1. The van der Waals surface area contributed by atoms with Crippen LogP contribution in [-0.2, 0) is 26.2 Å². The van der Waals surface area contributed by atoms with Crippen LogP contribution in [0.15, 0.2) is 42.5 Å². The van der Waals surface area contributed by atoms with E-state index in [0.717, 1.165) is 22.5 Å². The maximum absolute atomic E-state index is 13.7. The summed E-state index contributed by atoms with van der Waals surface area (Å²) in [4.78, 5) is 28.0. The molecule has 2 aromatic carbocycles. The largest absolute Gasteiger partial charge is 0.497 e. The summed E-state index contributed by atoms with van der Waals surface area (Å²) in [5, 5.41) is 3.25. The molecule has 35 heavy (non-hydrogen) atoms. The van der Waals surface area contributed by atoms with Crippen LogP contribution in [0.4, 0.5) is 5.69 Å². The highest BCUT2D eigenvalue weighted by atomic mass is 35.5. The van der Waals surface area contributed by atoms with Crippen molar-refractivity contribution in [2.24, 2.45) is 0 Å². The normalized spacial score (nSPS) is 12.1. The van der Waals surface area contributed by atoms with Crippen molar-refractivity contribution in [1.29, 1.82) is 0 Å². The highest BCUT2D eigenvalue weighted by Gasteiger charge is 2.32. The molecule has 0 aliphatic heterocycles. The molecule has 0 spiro atoms. The minimum absolute atomic E-state index is 0.132. The van der Waals surface area contributed by atoms with Gasteiger partial charge in [-0.15, -0.1) is 0 Å². The van der Waals surface area contributed by atoms with Crippen LogP contribution in [-0.4, -0.2) is 57.6 Å². The van der Waals surface area contributed by atoms with Gasteiger partial charge in [0.1, 0.15) is 18.3 Å². The average molecular weight is 524 g/mol. The molecule has 1 unspecified atom stereocenters. The van der Waals surface area contributed by atoms with Crippen molar-refractivity contribution >= 4 is 39.1 Å². The first kappa shape index (κ1) is 28.5. The monoisotopic (exact) mass is 523 g/mol. The van der Waals surface area contributed by atoms with E-state index in [2.05, 4.69) is 5.32 Å². The van der Waals surface area contributed by atoms with E-state index in [0.29, 0.717) is 35.0 Å². The number of ether oxygens (including phenoxy) is 1. The predicted molar refractivity (Wildman–Crippen MR) is 139 cm³/mol. The fourth-order valence-corrected chi connectivity index (χ4v) is 4.74. The number of nitrogens with one attached hydrogen (secondary N) is 1. The molecule has 8 nitrogen and oxygen atoms in total. The quantitative estimate of drug-likeness (QED) is 0.457. The molecular weight excluding hydrogens is 490 g/mol. The van der Waals surface area contributed by atoms with Crippen LogP contribution in [0.2, 0.25) is 5.02 Å². The highest BCUT2D eigenvalue weighted by Crippen LogP contribution is 2.28. The minimum Gasteiger partial charge on any atom is -0.497 e. The predicted octanol–water partition coefficient (Wildman–Crippen LogP) is 3.76. The molecule has 0 radical (unpaired) electrons. The third kappa shape index (κ3) is 7.60.